The zero-order chi connectivity index (χ0) is 8.48. The van der Waals surface area contributed by atoms with Crippen LogP contribution in [-0.2, 0) is 9.47 Å². The molecule has 0 saturated carbocycles. The topological polar surface area (TPSA) is 21.8 Å². The van der Waals surface area contributed by atoms with E-state index in [0.29, 0.717) is 12.2 Å². The van der Waals surface area contributed by atoms with Gasteiger partial charge in [-0.05, 0) is 27.2 Å². The van der Waals surface area contributed by atoms with Crippen molar-refractivity contribution in [3.05, 3.63) is 0 Å². The molecule has 11 heavy (non-hydrogen) atoms. The molecular formula is C9H18O2. The average Bonchev–Trinajstić information content (AvgIpc) is 2.56. The fourth-order valence-electron chi connectivity index (χ4n) is 0.947. The fourth-order valence-corrected chi connectivity index (χ4v) is 0.947. The molecule has 0 radical (unpaired) electrons. The normalized spacial score (nSPS) is 38.7. The lowest BCUT2D eigenvalue weighted by Gasteiger charge is -2.12. The van der Waals surface area contributed by atoms with Crippen LogP contribution in [0.5, 0.6) is 0 Å². The van der Waals surface area contributed by atoms with Crippen molar-refractivity contribution < 1.29 is 9.47 Å². The fraction of sp³-hybridized carbons (Fsp3) is 1.00. The summed E-state index contributed by atoms with van der Waals surface area (Å²) in [6.45, 7) is 9.14. The van der Waals surface area contributed by atoms with Gasteiger partial charge < -0.3 is 9.47 Å². The molecule has 0 aromatic carbocycles. The highest BCUT2D eigenvalue weighted by Gasteiger charge is 2.49. The highest BCUT2D eigenvalue weighted by molar-refractivity contribution is 4.95. The first-order valence-corrected chi connectivity index (χ1v) is 4.38. The van der Waals surface area contributed by atoms with Gasteiger partial charge in [0, 0.05) is 0 Å². The first kappa shape index (κ1) is 9.01. The molecule has 1 heterocycles. The summed E-state index contributed by atoms with van der Waals surface area (Å²) in [6.07, 6.45) is 1.82. The van der Waals surface area contributed by atoms with Gasteiger partial charge in [-0.1, -0.05) is 6.92 Å². The molecule has 3 atom stereocenters. The van der Waals surface area contributed by atoms with Crippen molar-refractivity contribution >= 4 is 0 Å². The Morgan fingerprint density at radius 1 is 1.64 bits per heavy atom. The molecule has 2 heteroatoms. The third kappa shape index (κ3) is 2.17. The van der Waals surface area contributed by atoms with Gasteiger partial charge in [-0.2, -0.15) is 0 Å². The van der Waals surface area contributed by atoms with Gasteiger partial charge in [0.15, 0.2) is 0 Å². The summed E-state index contributed by atoms with van der Waals surface area (Å²) in [5, 5.41) is 0. The lowest BCUT2D eigenvalue weighted by molar-refractivity contribution is 0.0300. The Bertz CT molecular complexity index is 136. The van der Waals surface area contributed by atoms with Gasteiger partial charge in [0.25, 0.3) is 0 Å². The van der Waals surface area contributed by atoms with Gasteiger partial charge >= 0.3 is 0 Å². The highest BCUT2D eigenvalue weighted by atomic mass is 16.6. The summed E-state index contributed by atoms with van der Waals surface area (Å²) in [4.78, 5) is 0. The third-order valence-corrected chi connectivity index (χ3v) is 2.48. The molecule has 0 bridgehead atoms. The monoisotopic (exact) mass is 158 g/mol. The number of rotatable bonds is 4. The summed E-state index contributed by atoms with van der Waals surface area (Å²) in [5.41, 5.74) is 0.0173. The summed E-state index contributed by atoms with van der Waals surface area (Å²) >= 11 is 0. The van der Waals surface area contributed by atoms with Gasteiger partial charge in [0.2, 0.25) is 0 Å². The van der Waals surface area contributed by atoms with Crippen molar-refractivity contribution in [1.82, 2.24) is 0 Å². The Balaban J connectivity index is 2.13. The number of hydrogen-bond acceptors (Lipinski definition) is 2. The Morgan fingerprint density at radius 2 is 2.18 bits per heavy atom. The molecule has 0 aromatic rings. The maximum Gasteiger partial charge on any atom is 0.115 e. The zero-order valence-corrected chi connectivity index (χ0v) is 7.89. The molecule has 3 unspecified atom stereocenters. The summed E-state index contributed by atoms with van der Waals surface area (Å²) < 4.78 is 10.9. The Morgan fingerprint density at radius 3 is 2.55 bits per heavy atom. The predicted octanol–water partition coefficient (Wildman–Crippen LogP) is 1.98. The van der Waals surface area contributed by atoms with Crippen LogP contribution >= 0.6 is 0 Å². The molecule has 0 spiro atoms. The molecule has 1 saturated heterocycles. The molecule has 66 valence electrons. The van der Waals surface area contributed by atoms with Crippen LogP contribution in [0.15, 0.2) is 0 Å². The minimum absolute atomic E-state index is 0.0173. The lowest BCUT2D eigenvalue weighted by atomic mass is 10.1. The molecule has 0 aromatic heterocycles. The summed E-state index contributed by atoms with van der Waals surface area (Å²) in [7, 11) is 0. The maximum atomic E-state index is 5.56. The Hall–Kier alpha value is -0.0800. The first-order valence-electron chi connectivity index (χ1n) is 4.38. The molecular weight excluding hydrogens is 140 g/mol. The van der Waals surface area contributed by atoms with Gasteiger partial charge in [-0.25, -0.2) is 0 Å². The van der Waals surface area contributed by atoms with Crippen molar-refractivity contribution in [1.29, 1.82) is 0 Å². The second-order valence-corrected chi connectivity index (χ2v) is 3.60. The number of hydrogen-bond donors (Lipinski definition) is 0. The minimum atomic E-state index is 0.0173. The van der Waals surface area contributed by atoms with E-state index < -0.39 is 0 Å². The van der Waals surface area contributed by atoms with Gasteiger partial charge in [0.1, 0.15) is 5.60 Å². The van der Waals surface area contributed by atoms with Gasteiger partial charge in [0.05, 0.1) is 18.8 Å². The van der Waals surface area contributed by atoms with E-state index >= 15 is 0 Å². The lowest BCUT2D eigenvalue weighted by Crippen LogP contribution is -2.21. The van der Waals surface area contributed by atoms with Gasteiger partial charge in [-0.3, -0.25) is 0 Å². The second-order valence-electron chi connectivity index (χ2n) is 3.60. The van der Waals surface area contributed by atoms with Crippen LogP contribution in [0.2, 0.25) is 0 Å². The smallest absolute Gasteiger partial charge is 0.115 e. The van der Waals surface area contributed by atoms with E-state index in [0.717, 1.165) is 13.0 Å². The number of ether oxygens (including phenoxy) is 2. The van der Waals surface area contributed by atoms with E-state index in [2.05, 4.69) is 27.7 Å². The van der Waals surface area contributed by atoms with E-state index in [9.17, 15) is 0 Å². The van der Waals surface area contributed by atoms with E-state index in [-0.39, 0.29) is 5.60 Å². The summed E-state index contributed by atoms with van der Waals surface area (Å²) in [6, 6.07) is 0. The molecule has 1 rings (SSSR count). The average molecular weight is 158 g/mol. The molecule has 1 aliphatic rings. The predicted molar refractivity (Wildman–Crippen MR) is 44.7 cm³/mol. The van der Waals surface area contributed by atoms with Crippen molar-refractivity contribution in [3.8, 4) is 0 Å². The zero-order valence-electron chi connectivity index (χ0n) is 7.89. The largest absolute Gasteiger partial charge is 0.375 e. The van der Waals surface area contributed by atoms with Crippen LogP contribution in [0.25, 0.3) is 0 Å². The number of epoxide rings is 1. The molecule has 1 aliphatic heterocycles. The standard InChI is InChI=1S/C9H18O2/c1-5-7(2)10-6-9(4)8(3)11-9/h7-8H,5-6H2,1-4H3. The third-order valence-electron chi connectivity index (χ3n) is 2.48. The van der Waals surface area contributed by atoms with Crippen molar-refractivity contribution in [2.24, 2.45) is 0 Å². The maximum absolute atomic E-state index is 5.56. The Labute approximate surface area is 68.9 Å². The molecule has 0 aliphatic carbocycles. The minimum Gasteiger partial charge on any atom is -0.375 e. The van der Waals surface area contributed by atoms with Crippen LogP contribution in [0, 0.1) is 0 Å². The second kappa shape index (κ2) is 3.11. The molecule has 0 amide bonds. The molecule has 1 fully saturated rings. The van der Waals surface area contributed by atoms with Crippen molar-refractivity contribution in [3.63, 3.8) is 0 Å². The molecule has 2 nitrogen and oxygen atoms in total. The van der Waals surface area contributed by atoms with E-state index in [1.807, 2.05) is 0 Å². The SMILES string of the molecule is CCC(C)OCC1(C)OC1C. The van der Waals surface area contributed by atoms with Crippen LogP contribution in [0.3, 0.4) is 0 Å². The van der Waals surface area contributed by atoms with Crippen molar-refractivity contribution in [2.45, 2.75) is 51.9 Å². The summed E-state index contributed by atoms with van der Waals surface area (Å²) in [5.74, 6) is 0. The highest BCUT2D eigenvalue weighted by Crippen LogP contribution is 2.35. The van der Waals surface area contributed by atoms with E-state index in [1.165, 1.54) is 0 Å². The van der Waals surface area contributed by atoms with Crippen LogP contribution in [0.4, 0.5) is 0 Å². The quantitative estimate of drug-likeness (QED) is 0.583. The first-order chi connectivity index (χ1) is 5.08. The van der Waals surface area contributed by atoms with E-state index in [1.54, 1.807) is 0 Å². The van der Waals surface area contributed by atoms with Gasteiger partial charge in [-0.15, -0.1) is 0 Å². The van der Waals surface area contributed by atoms with Crippen LogP contribution in [-0.4, -0.2) is 24.4 Å². The molecule has 0 N–H and O–H groups in total. The Kier molecular flexibility index (Phi) is 2.55. The van der Waals surface area contributed by atoms with Crippen LogP contribution in [0.1, 0.15) is 34.1 Å². The van der Waals surface area contributed by atoms with E-state index in [4.69, 9.17) is 9.47 Å². The van der Waals surface area contributed by atoms with Crippen LogP contribution < -0.4 is 0 Å². The van der Waals surface area contributed by atoms with Crippen molar-refractivity contribution in [2.75, 3.05) is 6.61 Å².